The van der Waals surface area contributed by atoms with E-state index >= 15 is 0 Å². The van der Waals surface area contributed by atoms with E-state index in [1.54, 1.807) is 12.1 Å². The summed E-state index contributed by atoms with van der Waals surface area (Å²) in [4.78, 5) is 4.75. The fraction of sp³-hybridized carbons (Fsp3) is 0.0952. The third-order valence-corrected chi connectivity index (χ3v) is 4.71. The van der Waals surface area contributed by atoms with Crippen LogP contribution in [0.1, 0.15) is 11.1 Å². The minimum Gasteiger partial charge on any atom is -0.507 e. The van der Waals surface area contributed by atoms with Gasteiger partial charge in [-0.25, -0.2) is 4.98 Å². The van der Waals surface area contributed by atoms with Crippen molar-refractivity contribution in [2.75, 3.05) is 5.32 Å². The van der Waals surface area contributed by atoms with E-state index in [9.17, 15) is 5.11 Å². The van der Waals surface area contributed by atoms with Crippen molar-refractivity contribution in [3.05, 3.63) is 83.0 Å². The zero-order chi connectivity index (χ0) is 18.1. The van der Waals surface area contributed by atoms with Crippen LogP contribution in [0.5, 0.6) is 5.75 Å². The van der Waals surface area contributed by atoms with Gasteiger partial charge >= 0.3 is 0 Å². The first-order valence-electron chi connectivity index (χ1n) is 8.38. The number of phenols is 1. The van der Waals surface area contributed by atoms with E-state index < -0.39 is 0 Å². The summed E-state index contributed by atoms with van der Waals surface area (Å²) in [5.41, 5.74) is 4.35. The standard InChI is InChI=1S/C21H18ClN3O/c1-14-10-11-25-19(12-14)24-20(16-7-3-5-9-18(16)26)21(25)23-13-15-6-2-4-8-17(15)22/h2-12,23,26H,13H2,1H3. The number of fused-ring (bicyclic) bond motifs is 1. The van der Waals surface area contributed by atoms with E-state index in [1.807, 2.05) is 66.1 Å². The fourth-order valence-corrected chi connectivity index (χ4v) is 3.20. The topological polar surface area (TPSA) is 49.6 Å². The van der Waals surface area contributed by atoms with Crippen molar-refractivity contribution in [2.45, 2.75) is 13.5 Å². The predicted octanol–water partition coefficient (Wildman–Crippen LogP) is 5.28. The Labute approximate surface area is 156 Å². The first-order chi connectivity index (χ1) is 12.6. The summed E-state index contributed by atoms with van der Waals surface area (Å²) in [6.07, 6.45) is 1.98. The van der Waals surface area contributed by atoms with Gasteiger partial charge in [0, 0.05) is 23.3 Å². The Balaban J connectivity index is 1.82. The summed E-state index contributed by atoms with van der Waals surface area (Å²) in [7, 11) is 0. The van der Waals surface area contributed by atoms with Crippen molar-refractivity contribution < 1.29 is 5.11 Å². The van der Waals surface area contributed by atoms with Gasteiger partial charge in [0.1, 0.15) is 22.9 Å². The largest absolute Gasteiger partial charge is 0.507 e. The van der Waals surface area contributed by atoms with E-state index in [1.165, 1.54) is 0 Å². The molecule has 0 bridgehead atoms. The zero-order valence-electron chi connectivity index (χ0n) is 14.3. The summed E-state index contributed by atoms with van der Waals surface area (Å²) in [5, 5.41) is 14.5. The summed E-state index contributed by atoms with van der Waals surface area (Å²) < 4.78 is 1.99. The SMILES string of the molecule is Cc1ccn2c(NCc3ccccc3Cl)c(-c3ccccc3O)nc2c1. The Bertz CT molecular complexity index is 1090. The quantitative estimate of drug-likeness (QED) is 0.518. The summed E-state index contributed by atoms with van der Waals surface area (Å²) in [6, 6.07) is 19.0. The van der Waals surface area contributed by atoms with Crippen LogP contribution >= 0.6 is 11.6 Å². The summed E-state index contributed by atoms with van der Waals surface area (Å²) in [5.74, 6) is 1.02. The normalized spacial score (nSPS) is 11.0. The third-order valence-electron chi connectivity index (χ3n) is 4.34. The van der Waals surface area contributed by atoms with Crippen LogP contribution in [-0.4, -0.2) is 14.5 Å². The number of nitrogens with zero attached hydrogens (tertiary/aromatic N) is 2. The number of phenolic OH excluding ortho intramolecular Hbond substituents is 1. The average Bonchev–Trinajstić information content (AvgIpc) is 2.98. The molecule has 2 aromatic carbocycles. The van der Waals surface area contributed by atoms with Crippen LogP contribution in [0.3, 0.4) is 0 Å². The molecule has 0 saturated carbocycles. The van der Waals surface area contributed by atoms with Crippen LogP contribution < -0.4 is 5.32 Å². The molecule has 0 saturated heterocycles. The lowest BCUT2D eigenvalue weighted by molar-refractivity contribution is 0.477. The number of nitrogens with one attached hydrogen (secondary N) is 1. The van der Waals surface area contributed by atoms with Crippen LogP contribution in [0.2, 0.25) is 5.02 Å². The van der Waals surface area contributed by atoms with Crippen LogP contribution in [0, 0.1) is 6.92 Å². The third kappa shape index (κ3) is 3.00. The molecule has 4 rings (SSSR count). The Morgan fingerprint density at radius 2 is 1.85 bits per heavy atom. The molecule has 0 amide bonds. The highest BCUT2D eigenvalue weighted by Gasteiger charge is 2.17. The number of benzene rings is 2. The molecule has 0 unspecified atom stereocenters. The molecular formula is C21H18ClN3O. The summed E-state index contributed by atoms with van der Waals surface area (Å²) >= 11 is 6.28. The minimum absolute atomic E-state index is 0.202. The van der Waals surface area contributed by atoms with Gasteiger partial charge in [0.25, 0.3) is 0 Å². The molecule has 0 atom stereocenters. The smallest absolute Gasteiger partial charge is 0.139 e. The molecule has 130 valence electrons. The highest BCUT2D eigenvalue weighted by molar-refractivity contribution is 6.31. The molecule has 0 fully saturated rings. The molecule has 2 heterocycles. The van der Waals surface area contributed by atoms with Crippen LogP contribution in [0.15, 0.2) is 66.9 Å². The minimum atomic E-state index is 0.202. The highest BCUT2D eigenvalue weighted by Crippen LogP contribution is 2.35. The lowest BCUT2D eigenvalue weighted by Crippen LogP contribution is -2.04. The predicted molar refractivity (Wildman–Crippen MR) is 106 cm³/mol. The first kappa shape index (κ1) is 16.5. The molecule has 0 radical (unpaired) electrons. The summed E-state index contributed by atoms with van der Waals surface area (Å²) in [6.45, 7) is 2.59. The van der Waals surface area contributed by atoms with Gasteiger partial charge in [0.05, 0.1) is 0 Å². The number of aryl methyl sites for hydroxylation is 1. The van der Waals surface area contributed by atoms with Crippen molar-refractivity contribution >= 4 is 23.1 Å². The molecule has 0 spiro atoms. The van der Waals surface area contributed by atoms with Gasteiger partial charge in [-0.15, -0.1) is 0 Å². The molecule has 4 aromatic rings. The number of halogens is 1. The second-order valence-corrected chi connectivity index (χ2v) is 6.61. The number of imidazole rings is 1. The molecule has 26 heavy (non-hydrogen) atoms. The number of pyridine rings is 1. The van der Waals surface area contributed by atoms with Gasteiger partial charge < -0.3 is 10.4 Å². The van der Waals surface area contributed by atoms with E-state index in [-0.39, 0.29) is 5.75 Å². The first-order valence-corrected chi connectivity index (χ1v) is 8.75. The Kier molecular flexibility index (Phi) is 4.27. The molecule has 2 N–H and O–H groups in total. The second-order valence-electron chi connectivity index (χ2n) is 6.20. The zero-order valence-corrected chi connectivity index (χ0v) is 15.0. The van der Waals surface area contributed by atoms with E-state index in [0.29, 0.717) is 22.8 Å². The van der Waals surface area contributed by atoms with Gasteiger partial charge in [-0.2, -0.15) is 0 Å². The Hall–Kier alpha value is -2.98. The molecule has 0 aliphatic heterocycles. The number of para-hydroxylation sites is 1. The number of hydrogen-bond acceptors (Lipinski definition) is 3. The molecule has 4 nitrogen and oxygen atoms in total. The molecule has 5 heteroatoms. The molecule has 0 aliphatic rings. The maximum absolute atomic E-state index is 10.3. The van der Waals surface area contributed by atoms with Gasteiger partial charge in [-0.3, -0.25) is 4.40 Å². The van der Waals surface area contributed by atoms with Gasteiger partial charge in [-0.05, 0) is 48.4 Å². The monoisotopic (exact) mass is 363 g/mol. The fourth-order valence-electron chi connectivity index (χ4n) is 3.00. The van der Waals surface area contributed by atoms with Crippen molar-refractivity contribution in [2.24, 2.45) is 0 Å². The second kappa shape index (κ2) is 6.73. The van der Waals surface area contributed by atoms with Crippen LogP contribution in [-0.2, 0) is 6.54 Å². The van der Waals surface area contributed by atoms with Crippen molar-refractivity contribution in [1.29, 1.82) is 0 Å². The lowest BCUT2D eigenvalue weighted by atomic mass is 10.1. The number of aromatic hydroxyl groups is 1. The van der Waals surface area contributed by atoms with E-state index in [2.05, 4.69) is 5.32 Å². The van der Waals surface area contributed by atoms with Crippen molar-refractivity contribution in [1.82, 2.24) is 9.38 Å². The van der Waals surface area contributed by atoms with Crippen LogP contribution in [0.4, 0.5) is 5.82 Å². The molecule has 2 aromatic heterocycles. The maximum atomic E-state index is 10.3. The Morgan fingerprint density at radius 3 is 2.65 bits per heavy atom. The maximum Gasteiger partial charge on any atom is 0.139 e. The van der Waals surface area contributed by atoms with E-state index in [0.717, 1.165) is 22.6 Å². The van der Waals surface area contributed by atoms with Crippen molar-refractivity contribution in [3.63, 3.8) is 0 Å². The average molecular weight is 364 g/mol. The molecule has 0 aliphatic carbocycles. The van der Waals surface area contributed by atoms with E-state index in [4.69, 9.17) is 16.6 Å². The number of hydrogen-bond donors (Lipinski definition) is 2. The highest BCUT2D eigenvalue weighted by atomic mass is 35.5. The van der Waals surface area contributed by atoms with Gasteiger partial charge in [0.15, 0.2) is 0 Å². The molecular weight excluding hydrogens is 346 g/mol. The van der Waals surface area contributed by atoms with Crippen molar-refractivity contribution in [3.8, 4) is 17.0 Å². The number of aromatic nitrogens is 2. The van der Waals surface area contributed by atoms with Crippen LogP contribution in [0.25, 0.3) is 16.9 Å². The number of anilines is 1. The Morgan fingerprint density at radius 1 is 1.08 bits per heavy atom. The van der Waals surface area contributed by atoms with Gasteiger partial charge in [-0.1, -0.05) is 41.9 Å². The number of rotatable bonds is 4. The lowest BCUT2D eigenvalue weighted by Gasteiger charge is -2.11. The van der Waals surface area contributed by atoms with Gasteiger partial charge in [0.2, 0.25) is 0 Å².